The van der Waals surface area contributed by atoms with Gasteiger partial charge in [-0.15, -0.1) is 0 Å². The molecule has 2 atom stereocenters. The molecule has 2 aromatic carbocycles. The second-order valence-electron chi connectivity index (χ2n) is 9.91. The Kier molecular flexibility index (Phi) is 10.5. The van der Waals surface area contributed by atoms with Crippen LogP contribution in [0.15, 0.2) is 42.5 Å². The largest absolute Gasteiger partial charge is 0.352 e. The summed E-state index contributed by atoms with van der Waals surface area (Å²) in [5, 5.41) is 4.00. The Hall–Kier alpha value is -2.04. The first kappa shape index (κ1) is 28.2. The first-order chi connectivity index (χ1) is 16.0. The van der Waals surface area contributed by atoms with E-state index in [0.29, 0.717) is 34.9 Å². The van der Waals surface area contributed by atoms with Crippen molar-refractivity contribution in [1.29, 1.82) is 0 Å². The minimum absolute atomic E-state index is 0.0312. The zero-order valence-corrected chi connectivity index (χ0v) is 22.8. The number of rotatable bonds is 10. The van der Waals surface area contributed by atoms with Gasteiger partial charge in [0.25, 0.3) is 0 Å². The number of hydrogen-bond acceptors (Lipinski definition) is 2. The standard InChI is InChI=1S/C28H38Cl2N2O2/c1-7-19(3)31-27(34)25(8-2)32(18-22-23(29)10-9-11-24(22)30)26(33)17-14-20-12-15-21(16-13-20)28(4,5)6/h9-13,15-16,19,25H,7-8,14,17-18H2,1-6H3,(H,31,34)/t19-,25-/m0/s1. The van der Waals surface area contributed by atoms with Gasteiger partial charge in [0.15, 0.2) is 0 Å². The maximum atomic E-state index is 13.5. The summed E-state index contributed by atoms with van der Waals surface area (Å²) in [4.78, 5) is 28.2. The lowest BCUT2D eigenvalue weighted by Gasteiger charge is -2.32. The van der Waals surface area contributed by atoms with Crippen LogP contribution < -0.4 is 5.32 Å². The predicted molar refractivity (Wildman–Crippen MR) is 142 cm³/mol. The summed E-state index contributed by atoms with van der Waals surface area (Å²) in [7, 11) is 0. The minimum atomic E-state index is -0.600. The monoisotopic (exact) mass is 504 g/mol. The SMILES string of the molecule is CC[C@H](C)NC(=O)[C@H](CC)N(Cc1c(Cl)cccc1Cl)C(=O)CCc1ccc(C(C)(C)C)cc1. The van der Waals surface area contributed by atoms with E-state index in [1.54, 1.807) is 23.1 Å². The average Bonchev–Trinajstić information content (AvgIpc) is 2.78. The van der Waals surface area contributed by atoms with Gasteiger partial charge in [-0.1, -0.05) is 88.2 Å². The van der Waals surface area contributed by atoms with Crippen LogP contribution in [-0.4, -0.2) is 28.8 Å². The molecule has 2 amide bonds. The molecule has 4 nitrogen and oxygen atoms in total. The number of carbonyl (C=O) groups is 2. The molecule has 186 valence electrons. The third-order valence-electron chi connectivity index (χ3n) is 6.22. The summed E-state index contributed by atoms with van der Waals surface area (Å²) < 4.78 is 0. The highest BCUT2D eigenvalue weighted by Crippen LogP contribution is 2.28. The van der Waals surface area contributed by atoms with Crippen LogP contribution in [0.4, 0.5) is 0 Å². The fraction of sp³-hybridized carbons (Fsp3) is 0.500. The van der Waals surface area contributed by atoms with E-state index in [1.807, 2.05) is 20.8 Å². The molecule has 1 N–H and O–H groups in total. The molecule has 0 radical (unpaired) electrons. The lowest BCUT2D eigenvalue weighted by Crippen LogP contribution is -2.50. The quantitative estimate of drug-likeness (QED) is 0.380. The van der Waals surface area contributed by atoms with Crippen molar-refractivity contribution < 1.29 is 9.59 Å². The molecule has 0 aliphatic heterocycles. The van der Waals surface area contributed by atoms with E-state index in [0.717, 1.165) is 12.0 Å². The van der Waals surface area contributed by atoms with Crippen molar-refractivity contribution in [3.63, 3.8) is 0 Å². The van der Waals surface area contributed by atoms with Crippen LogP contribution in [0.2, 0.25) is 10.0 Å². The molecular weight excluding hydrogens is 467 g/mol. The third kappa shape index (κ3) is 7.74. The van der Waals surface area contributed by atoms with E-state index in [1.165, 1.54) is 5.56 Å². The van der Waals surface area contributed by atoms with Crippen LogP contribution in [0.1, 0.15) is 77.5 Å². The molecule has 6 heteroatoms. The van der Waals surface area contributed by atoms with Crippen LogP contribution in [-0.2, 0) is 28.0 Å². The van der Waals surface area contributed by atoms with Crippen LogP contribution >= 0.6 is 23.2 Å². The third-order valence-corrected chi connectivity index (χ3v) is 6.93. The van der Waals surface area contributed by atoms with E-state index in [4.69, 9.17) is 23.2 Å². The first-order valence-corrected chi connectivity index (χ1v) is 12.9. The molecule has 0 fully saturated rings. The zero-order chi connectivity index (χ0) is 25.5. The second kappa shape index (κ2) is 12.6. The van der Waals surface area contributed by atoms with Gasteiger partial charge >= 0.3 is 0 Å². The number of nitrogens with zero attached hydrogens (tertiary/aromatic N) is 1. The lowest BCUT2D eigenvalue weighted by molar-refractivity contribution is -0.141. The molecule has 0 aliphatic carbocycles. The summed E-state index contributed by atoms with van der Waals surface area (Å²) in [6, 6.07) is 13.1. The maximum absolute atomic E-state index is 13.5. The summed E-state index contributed by atoms with van der Waals surface area (Å²) >= 11 is 12.8. The van der Waals surface area contributed by atoms with Crippen LogP contribution in [0.25, 0.3) is 0 Å². The van der Waals surface area contributed by atoms with Crippen molar-refractivity contribution in [2.75, 3.05) is 0 Å². The van der Waals surface area contributed by atoms with Crippen molar-refractivity contribution in [1.82, 2.24) is 10.2 Å². The maximum Gasteiger partial charge on any atom is 0.243 e. The molecule has 0 saturated carbocycles. The molecule has 0 aliphatic rings. The molecular formula is C28H38Cl2N2O2. The molecule has 2 rings (SSSR count). The van der Waals surface area contributed by atoms with Gasteiger partial charge < -0.3 is 10.2 Å². The van der Waals surface area contributed by atoms with Gasteiger partial charge in [-0.3, -0.25) is 9.59 Å². The highest BCUT2D eigenvalue weighted by Gasteiger charge is 2.30. The molecule has 34 heavy (non-hydrogen) atoms. The van der Waals surface area contributed by atoms with Crippen LogP contribution in [0.5, 0.6) is 0 Å². The second-order valence-corrected chi connectivity index (χ2v) is 10.7. The molecule has 0 heterocycles. The Morgan fingerprint density at radius 3 is 2.06 bits per heavy atom. The lowest BCUT2D eigenvalue weighted by atomic mass is 9.86. The van der Waals surface area contributed by atoms with Crippen molar-refractivity contribution in [2.24, 2.45) is 0 Å². The molecule has 0 bridgehead atoms. The highest BCUT2D eigenvalue weighted by molar-refractivity contribution is 6.36. The number of benzene rings is 2. The van der Waals surface area contributed by atoms with Crippen molar-refractivity contribution in [3.05, 3.63) is 69.2 Å². The average molecular weight is 506 g/mol. The van der Waals surface area contributed by atoms with Crippen LogP contribution in [0, 0.1) is 0 Å². The number of nitrogens with one attached hydrogen (secondary N) is 1. The first-order valence-electron chi connectivity index (χ1n) is 12.1. The summed E-state index contributed by atoms with van der Waals surface area (Å²) in [6.45, 7) is 12.6. The van der Waals surface area contributed by atoms with Gasteiger partial charge in [-0.2, -0.15) is 0 Å². The highest BCUT2D eigenvalue weighted by atomic mass is 35.5. The van der Waals surface area contributed by atoms with Gasteiger partial charge in [-0.05, 0) is 54.9 Å². The molecule has 0 spiro atoms. The Labute approximate surface area is 215 Å². The van der Waals surface area contributed by atoms with Gasteiger partial charge in [-0.25, -0.2) is 0 Å². The van der Waals surface area contributed by atoms with E-state index in [9.17, 15) is 9.59 Å². The fourth-order valence-electron chi connectivity index (χ4n) is 3.78. The number of amides is 2. The zero-order valence-electron chi connectivity index (χ0n) is 21.3. The summed E-state index contributed by atoms with van der Waals surface area (Å²) in [5.41, 5.74) is 3.08. The Morgan fingerprint density at radius 1 is 0.971 bits per heavy atom. The molecule has 0 saturated heterocycles. The predicted octanol–water partition coefficient (Wildman–Crippen LogP) is 6.95. The summed E-state index contributed by atoms with van der Waals surface area (Å²) in [6.07, 6.45) is 2.21. The molecule has 2 aromatic rings. The van der Waals surface area contributed by atoms with Crippen molar-refractivity contribution >= 4 is 35.0 Å². The number of aryl methyl sites for hydroxylation is 1. The Balaban J connectivity index is 2.26. The minimum Gasteiger partial charge on any atom is -0.352 e. The number of carbonyl (C=O) groups excluding carboxylic acids is 2. The fourth-order valence-corrected chi connectivity index (χ4v) is 4.30. The van der Waals surface area contributed by atoms with E-state index < -0.39 is 6.04 Å². The van der Waals surface area contributed by atoms with E-state index >= 15 is 0 Å². The van der Waals surface area contributed by atoms with Gasteiger partial charge in [0.1, 0.15) is 6.04 Å². The smallest absolute Gasteiger partial charge is 0.243 e. The number of hydrogen-bond donors (Lipinski definition) is 1. The molecule has 0 unspecified atom stereocenters. The van der Waals surface area contributed by atoms with Gasteiger partial charge in [0.2, 0.25) is 11.8 Å². The van der Waals surface area contributed by atoms with Gasteiger partial charge in [0, 0.05) is 34.6 Å². The van der Waals surface area contributed by atoms with Crippen molar-refractivity contribution in [2.45, 2.75) is 91.3 Å². The van der Waals surface area contributed by atoms with E-state index in [-0.39, 0.29) is 29.8 Å². The number of halogens is 2. The van der Waals surface area contributed by atoms with Crippen molar-refractivity contribution in [3.8, 4) is 0 Å². The topological polar surface area (TPSA) is 49.4 Å². The van der Waals surface area contributed by atoms with Crippen LogP contribution in [0.3, 0.4) is 0 Å². The Morgan fingerprint density at radius 2 is 1.56 bits per heavy atom. The van der Waals surface area contributed by atoms with E-state index in [2.05, 4.69) is 50.4 Å². The van der Waals surface area contributed by atoms with Gasteiger partial charge in [0.05, 0.1) is 0 Å². The Bertz CT molecular complexity index is 947. The normalized spacial score (nSPS) is 13.3. The molecule has 0 aromatic heterocycles. The summed E-state index contributed by atoms with van der Waals surface area (Å²) in [5.74, 6) is -0.245.